The van der Waals surface area contributed by atoms with Crippen molar-refractivity contribution in [3.63, 3.8) is 0 Å². The molecule has 3 rings (SSSR count). The van der Waals surface area contributed by atoms with Crippen LogP contribution in [0.15, 0.2) is 42.5 Å². The minimum absolute atomic E-state index is 0.166. The first kappa shape index (κ1) is 22.3. The number of halogens is 4. The van der Waals surface area contributed by atoms with Crippen LogP contribution in [0, 0.1) is 5.82 Å². The molecule has 30 heavy (non-hydrogen) atoms. The van der Waals surface area contributed by atoms with E-state index in [-0.39, 0.29) is 11.3 Å². The number of alkyl halides is 3. The van der Waals surface area contributed by atoms with Gasteiger partial charge in [-0.25, -0.2) is 4.39 Å². The summed E-state index contributed by atoms with van der Waals surface area (Å²) in [5.41, 5.74) is -1.82. The lowest BCUT2D eigenvalue weighted by Gasteiger charge is -2.39. The maximum Gasteiger partial charge on any atom is 0.420 e. The van der Waals surface area contributed by atoms with Crippen molar-refractivity contribution in [3.8, 4) is 5.75 Å². The Bertz CT molecular complexity index is 936. The molecule has 4 nitrogen and oxygen atoms in total. The number of ether oxygens (including phenoxy) is 1. The van der Waals surface area contributed by atoms with Crippen LogP contribution in [0.1, 0.15) is 17.2 Å². The molecular weight excluding hydrogens is 420 g/mol. The number of anilines is 2. The Balaban J connectivity index is 2.15. The van der Waals surface area contributed by atoms with E-state index in [1.54, 1.807) is 24.3 Å². The lowest BCUT2D eigenvalue weighted by molar-refractivity contribution is -0.256. The SMILES string of the molecule is COc1ccc([C@H](Nc2cccc3c2C=CCN3)[C@](O)(CSC)C(F)(F)F)c(F)c1. The summed E-state index contributed by atoms with van der Waals surface area (Å²) in [6, 6.07) is 6.85. The van der Waals surface area contributed by atoms with Gasteiger partial charge in [-0.3, -0.25) is 0 Å². The average molecular weight is 442 g/mol. The minimum atomic E-state index is -5.01. The predicted molar refractivity (Wildman–Crippen MR) is 113 cm³/mol. The molecule has 0 aromatic heterocycles. The second-order valence-corrected chi connectivity index (χ2v) is 7.74. The highest BCUT2D eigenvalue weighted by molar-refractivity contribution is 7.98. The molecule has 2 aromatic carbocycles. The summed E-state index contributed by atoms with van der Waals surface area (Å²) in [5.74, 6) is -1.42. The van der Waals surface area contributed by atoms with E-state index in [1.165, 1.54) is 25.5 Å². The number of aliphatic hydroxyl groups is 1. The fourth-order valence-corrected chi connectivity index (χ4v) is 4.17. The number of rotatable bonds is 7. The Morgan fingerprint density at radius 1 is 1.27 bits per heavy atom. The molecular formula is C21H22F4N2O2S. The largest absolute Gasteiger partial charge is 0.497 e. The van der Waals surface area contributed by atoms with Gasteiger partial charge in [0, 0.05) is 40.9 Å². The summed E-state index contributed by atoms with van der Waals surface area (Å²) in [5, 5.41) is 16.7. The molecule has 0 bridgehead atoms. The van der Waals surface area contributed by atoms with Gasteiger partial charge in [0.1, 0.15) is 11.6 Å². The molecule has 0 amide bonds. The number of nitrogens with one attached hydrogen (secondary N) is 2. The van der Waals surface area contributed by atoms with E-state index in [1.807, 2.05) is 6.08 Å². The zero-order valence-corrected chi connectivity index (χ0v) is 17.2. The van der Waals surface area contributed by atoms with E-state index < -0.39 is 29.4 Å². The van der Waals surface area contributed by atoms with E-state index in [0.717, 1.165) is 23.5 Å². The van der Waals surface area contributed by atoms with Gasteiger partial charge < -0.3 is 20.5 Å². The van der Waals surface area contributed by atoms with E-state index in [2.05, 4.69) is 10.6 Å². The molecule has 0 saturated heterocycles. The second kappa shape index (κ2) is 8.77. The zero-order valence-electron chi connectivity index (χ0n) is 16.4. The van der Waals surface area contributed by atoms with Gasteiger partial charge in [0.15, 0.2) is 5.60 Å². The average Bonchev–Trinajstić information content (AvgIpc) is 2.71. The molecule has 0 fully saturated rings. The molecule has 2 aromatic rings. The summed E-state index contributed by atoms with van der Waals surface area (Å²) < 4.78 is 62.0. The van der Waals surface area contributed by atoms with Crippen molar-refractivity contribution in [2.24, 2.45) is 0 Å². The van der Waals surface area contributed by atoms with Gasteiger partial charge in [-0.2, -0.15) is 24.9 Å². The van der Waals surface area contributed by atoms with E-state index >= 15 is 0 Å². The molecule has 9 heteroatoms. The lowest BCUT2D eigenvalue weighted by atomic mass is 9.88. The van der Waals surface area contributed by atoms with Crippen molar-refractivity contribution < 1.29 is 27.4 Å². The summed E-state index contributed by atoms with van der Waals surface area (Å²) in [7, 11) is 1.33. The molecule has 0 saturated carbocycles. The van der Waals surface area contributed by atoms with Crippen LogP contribution in [0.4, 0.5) is 28.9 Å². The van der Waals surface area contributed by atoms with Crippen LogP contribution in [-0.2, 0) is 0 Å². The molecule has 0 spiro atoms. The maximum absolute atomic E-state index is 14.9. The number of hydrogen-bond donors (Lipinski definition) is 3. The number of benzene rings is 2. The van der Waals surface area contributed by atoms with Crippen LogP contribution in [0.5, 0.6) is 5.75 Å². The van der Waals surface area contributed by atoms with Gasteiger partial charge >= 0.3 is 6.18 Å². The third-order valence-corrected chi connectivity index (χ3v) is 5.68. The van der Waals surface area contributed by atoms with Crippen LogP contribution in [0.3, 0.4) is 0 Å². The quantitative estimate of drug-likeness (QED) is 0.522. The molecule has 0 unspecified atom stereocenters. The number of fused-ring (bicyclic) bond motifs is 1. The van der Waals surface area contributed by atoms with Crippen molar-refractivity contribution in [1.29, 1.82) is 0 Å². The topological polar surface area (TPSA) is 53.5 Å². The van der Waals surface area contributed by atoms with Crippen LogP contribution in [0.25, 0.3) is 6.08 Å². The third kappa shape index (κ3) is 4.22. The Morgan fingerprint density at radius 2 is 2.03 bits per heavy atom. The van der Waals surface area contributed by atoms with Crippen LogP contribution >= 0.6 is 11.8 Å². The van der Waals surface area contributed by atoms with Crippen molar-refractivity contribution in [2.45, 2.75) is 17.8 Å². The molecule has 1 heterocycles. The van der Waals surface area contributed by atoms with E-state index in [9.17, 15) is 22.7 Å². The van der Waals surface area contributed by atoms with Gasteiger partial charge in [0.25, 0.3) is 0 Å². The highest BCUT2D eigenvalue weighted by atomic mass is 32.2. The summed E-state index contributed by atoms with van der Waals surface area (Å²) in [4.78, 5) is 0. The zero-order chi connectivity index (χ0) is 21.9. The van der Waals surface area contributed by atoms with Gasteiger partial charge in [0.05, 0.1) is 13.2 Å². The Kier molecular flexibility index (Phi) is 6.52. The van der Waals surface area contributed by atoms with Crippen molar-refractivity contribution in [3.05, 3.63) is 59.4 Å². The summed E-state index contributed by atoms with van der Waals surface area (Å²) in [6.45, 7) is 0.589. The molecule has 1 aliphatic heterocycles. The van der Waals surface area contributed by atoms with E-state index in [4.69, 9.17) is 4.74 Å². The highest BCUT2D eigenvalue weighted by Crippen LogP contribution is 2.45. The van der Waals surface area contributed by atoms with Crippen molar-refractivity contribution in [2.75, 3.05) is 36.3 Å². The molecule has 0 aliphatic carbocycles. The number of methoxy groups -OCH3 is 1. The monoisotopic (exact) mass is 442 g/mol. The van der Waals surface area contributed by atoms with Gasteiger partial charge in [-0.1, -0.05) is 24.3 Å². The van der Waals surface area contributed by atoms with E-state index in [0.29, 0.717) is 17.8 Å². The first-order valence-corrected chi connectivity index (χ1v) is 10.5. The molecule has 0 radical (unpaired) electrons. The fourth-order valence-electron chi connectivity index (χ4n) is 3.40. The highest BCUT2D eigenvalue weighted by Gasteiger charge is 2.59. The number of hydrogen-bond acceptors (Lipinski definition) is 5. The maximum atomic E-state index is 14.9. The third-order valence-electron chi connectivity index (χ3n) is 4.95. The lowest BCUT2D eigenvalue weighted by Crippen LogP contribution is -2.55. The Morgan fingerprint density at radius 3 is 2.67 bits per heavy atom. The standard InChI is InChI=1S/C21H22F4N2O2S/c1-29-13-8-9-14(16(22)11-13)19(20(28,12-30-2)21(23,24)25)27-18-7-3-6-17-15(18)5-4-10-26-17/h3-9,11,19,26-28H,10,12H2,1-2H3/t19-,20+/m0/s1. The van der Waals surface area contributed by atoms with Gasteiger partial charge in [0.2, 0.25) is 0 Å². The Labute approximate surface area is 176 Å². The molecule has 162 valence electrons. The van der Waals surface area contributed by atoms with Gasteiger partial charge in [-0.15, -0.1) is 0 Å². The fraction of sp³-hybridized carbons (Fsp3) is 0.333. The van der Waals surface area contributed by atoms with Crippen molar-refractivity contribution in [1.82, 2.24) is 0 Å². The first-order chi connectivity index (χ1) is 14.2. The number of thioether (sulfide) groups is 1. The van der Waals surface area contributed by atoms with Crippen LogP contribution in [-0.4, -0.2) is 42.5 Å². The molecule has 1 aliphatic rings. The smallest absolute Gasteiger partial charge is 0.420 e. The molecule has 2 atom stereocenters. The Hall–Kier alpha value is -2.39. The summed E-state index contributed by atoms with van der Waals surface area (Å²) in [6.07, 6.45) is 0.0450. The molecule has 3 N–H and O–H groups in total. The van der Waals surface area contributed by atoms with Crippen LogP contribution in [0.2, 0.25) is 0 Å². The van der Waals surface area contributed by atoms with Gasteiger partial charge in [-0.05, 0) is 24.5 Å². The second-order valence-electron chi connectivity index (χ2n) is 6.87. The normalized spacial score (nSPS) is 16.2. The minimum Gasteiger partial charge on any atom is -0.497 e. The first-order valence-electron chi connectivity index (χ1n) is 9.12. The van der Waals surface area contributed by atoms with Crippen molar-refractivity contribution >= 4 is 29.2 Å². The predicted octanol–water partition coefficient (Wildman–Crippen LogP) is 5.08. The summed E-state index contributed by atoms with van der Waals surface area (Å²) >= 11 is 0.828. The van der Waals surface area contributed by atoms with Crippen LogP contribution < -0.4 is 15.4 Å².